The summed E-state index contributed by atoms with van der Waals surface area (Å²) in [6.45, 7) is -0.427. The van der Waals surface area contributed by atoms with Crippen molar-refractivity contribution in [2.75, 3.05) is 25.2 Å². The molecule has 1 amide bonds. The number of likely N-dealkylation sites (N-methyl/N-ethyl adjacent to an activating group) is 1. The van der Waals surface area contributed by atoms with Crippen LogP contribution in [0.2, 0.25) is 0 Å². The number of hydrogen-bond acceptors (Lipinski definition) is 5. The Balaban J connectivity index is 1.57. The highest BCUT2D eigenvalue weighted by atomic mass is 32.2. The number of esters is 1. The normalized spacial score (nSPS) is 18.0. The zero-order valence-electron chi connectivity index (χ0n) is 16.0. The number of sulfone groups is 1. The fourth-order valence-corrected chi connectivity index (χ4v) is 5.59. The van der Waals surface area contributed by atoms with Crippen LogP contribution >= 0.6 is 0 Å². The molecule has 1 atom stereocenters. The third-order valence-electron chi connectivity index (χ3n) is 5.45. The lowest BCUT2D eigenvalue weighted by Crippen LogP contribution is -2.40. The first-order chi connectivity index (χ1) is 13.9. The summed E-state index contributed by atoms with van der Waals surface area (Å²) >= 11 is 0. The van der Waals surface area contributed by atoms with Crippen LogP contribution in [-0.2, 0) is 19.4 Å². The van der Waals surface area contributed by atoms with E-state index in [-0.39, 0.29) is 17.5 Å². The summed E-state index contributed by atoms with van der Waals surface area (Å²) in [4.78, 5) is 26.8. The Bertz CT molecular complexity index is 1160. The molecule has 29 heavy (non-hydrogen) atoms. The van der Waals surface area contributed by atoms with Crippen molar-refractivity contribution < 1.29 is 22.7 Å². The van der Waals surface area contributed by atoms with E-state index < -0.39 is 28.3 Å². The molecule has 1 aliphatic heterocycles. The van der Waals surface area contributed by atoms with Gasteiger partial charge in [-0.05, 0) is 34.0 Å². The molecule has 3 aromatic carbocycles. The molecule has 1 aliphatic rings. The van der Waals surface area contributed by atoms with Crippen molar-refractivity contribution in [1.82, 2.24) is 4.90 Å². The van der Waals surface area contributed by atoms with Gasteiger partial charge in [0.1, 0.15) is 0 Å². The summed E-state index contributed by atoms with van der Waals surface area (Å²) in [5.41, 5.74) is 0.428. The van der Waals surface area contributed by atoms with Gasteiger partial charge in [0.2, 0.25) is 0 Å². The van der Waals surface area contributed by atoms with Gasteiger partial charge in [-0.25, -0.2) is 13.2 Å². The standard InChI is InChI=1S/C22H21NO5S/c1-23(17-10-11-29(26,27)14-17)20(24)13-28-22(25)21-18-8-4-2-6-15(18)12-16-7-3-5-9-19(16)21/h2-9,12,17H,10-11,13-14H2,1H3/t17-/m1/s1. The monoisotopic (exact) mass is 411 g/mol. The maximum absolute atomic E-state index is 12.9. The van der Waals surface area contributed by atoms with Gasteiger partial charge < -0.3 is 9.64 Å². The predicted octanol–water partition coefficient (Wildman–Crippen LogP) is 2.80. The zero-order chi connectivity index (χ0) is 20.6. The predicted molar refractivity (Wildman–Crippen MR) is 112 cm³/mol. The minimum Gasteiger partial charge on any atom is -0.452 e. The van der Waals surface area contributed by atoms with E-state index in [1.165, 1.54) is 4.90 Å². The molecule has 1 fully saturated rings. The SMILES string of the molecule is CN(C(=O)COC(=O)c1c2ccccc2cc2ccccc12)[C@@H]1CCS(=O)(=O)C1. The second-order valence-electron chi connectivity index (χ2n) is 7.33. The molecule has 0 spiro atoms. The lowest BCUT2D eigenvalue weighted by Gasteiger charge is -2.23. The fourth-order valence-electron chi connectivity index (χ4n) is 3.82. The van der Waals surface area contributed by atoms with Crippen molar-refractivity contribution in [2.45, 2.75) is 12.5 Å². The van der Waals surface area contributed by atoms with Gasteiger partial charge in [0, 0.05) is 13.1 Å². The molecule has 6 nitrogen and oxygen atoms in total. The second-order valence-corrected chi connectivity index (χ2v) is 9.56. The lowest BCUT2D eigenvalue weighted by atomic mass is 9.97. The van der Waals surface area contributed by atoms with Crippen LogP contribution in [0.5, 0.6) is 0 Å². The Morgan fingerprint density at radius 1 is 1.03 bits per heavy atom. The molecule has 0 bridgehead atoms. The first-order valence-electron chi connectivity index (χ1n) is 9.39. The van der Waals surface area contributed by atoms with Crippen LogP contribution in [0.25, 0.3) is 21.5 Å². The van der Waals surface area contributed by atoms with Crippen molar-refractivity contribution in [3.63, 3.8) is 0 Å². The van der Waals surface area contributed by atoms with E-state index >= 15 is 0 Å². The molecule has 0 aromatic heterocycles. The highest BCUT2D eigenvalue weighted by Gasteiger charge is 2.33. The molecular formula is C22H21NO5S. The molecule has 0 aliphatic carbocycles. The minimum absolute atomic E-state index is 0.0445. The van der Waals surface area contributed by atoms with Crippen molar-refractivity contribution in [3.05, 3.63) is 60.2 Å². The highest BCUT2D eigenvalue weighted by Crippen LogP contribution is 2.29. The number of ether oxygens (including phenoxy) is 1. The van der Waals surface area contributed by atoms with Crippen LogP contribution in [-0.4, -0.2) is 56.4 Å². The number of rotatable bonds is 4. The van der Waals surface area contributed by atoms with E-state index in [0.717, 1.165) is 21.5 Å². The number of amides is 1. The van der Waals surface area contributed by atoms with Gasteiger partial charge >= 0.3 is 5.97 Å². The van der Waals surface area contributed by atoms with Crippen molar-refractivity contribution in [3.8, 4) is 0 Å². The molecule has 150 valence electrons. The molecular weight excluding hydrogens is 390 g/mol. The summed E-state index contributed by atoms with van der Waals surface area (Å²) in [7, 11) is -1.55. The quantitative estimate of drug-likeness (QED) is 0.487. The van der Waals surface area contributed by atoms with Crippen LogP contribution < -0.4 is 0 Å². The molecule has 0 radical (unpaired) electrons. The largest absolute Gasteiger partial charge is 0.452 e. The Kier molecular flexibility index (Phi) is 5.00. The van der Waals surface area contributed by atoms with Gasteiger partial charge in [0.15, 0.2) is 16.4 Å². The molecule has 1 heterocycles. The van der Waals surface area contributed by atoms with E-state index in [4.69, 9.17) is 4.74 Å². The molecule has 7 heteroatoms. The number of hydrogen-bond donors (Lipinski definition) is 0. The van der Waals surface area contributed by atoms with Crippen LogP contribution in [0.1, 0.15) is 16.8 Å². The third-order valence-corrected chi connectivity index (χ3v) is 7.20. The smallest absolute Gasteiger partial charge is 0.339 e. The van der Waals surface area contributed by atoms with Gasteiger partial charge in [-0.2, -0.15) is 0 Å². The minimum atomic E-state index is -3.10. The first-order valence-corrected chi connectivity index (χ1v) is 11.2. The Morgan fingerprint density at radius 3 is 2.17 bits per heavy atom. The molecule has 0 unspecified atom stereocenters. The lowest BCUT2D eigenvalue weighted by molar-refractivity contribution is -0.134. The number of benzene rings is 3. The number of fused-ring (bicyclic) bond motifs is 2. The van der Waals surface area contributed by atoms with Gasteiger partial charge in [-0.15, -0.1) is 0 Å². The van der Waals surface area contributed by atoms with E-state index in [1.54, 1.807) is 7.05 Å². The molecule has 0 N–H and O–H groups in total. The van der Waals surface area contributed by atoms with Crippen LogP contribution in [0.3, 0.4) is 0 Å². The Labute approximate surface area is 169 Å². The average molecular weight is 411 g/mol. The highest BCUT2D eigenvalue weighted by molar-refractivity contribution is 7.91. The Hall–Kier alpha value is -2.93. The Morgan fingerprint density at radius 2 is 1.62 bits per heavy atom. The number of carbonyl (C=O) groups excluding carboxylic acids is 2. The summed E-state index contributed by atoms with van der Waals surface area (Å²) in [5, 5.41) is 3.35. The van der Waals surface area contributed by atoms with Gasteiger partial charge in [-0.3, -0.25) is 4.79 Å². The topological polar surface area (TPSA) is 80.8 Å². The third kappa shape index (κ3) is 3.82. The van der Waals surface area contributed by atoms with Crippen LogP contribution in [0, 0.1) is 0 Å². The summed E-state index contributed by atoms with van der Waals surface area (Å²) in [6.07, 6.45) is 0.409. The van der Waals surface area contributed by atoms with Crippen LogP contribution in [0.15, 0.2) is 54.6 Å². The summed E-state index contributed by atoms with van der Waals surface area (Å²) in [5.74, 6) is -0.947. The molecule has 4 rings (SSSR count). The summed E-state index contributed by atoms with van der Waals surface area (Å²) < 4.78 is 28.6. The van der Waals surface area contributed by atoms with Crippen molar-refractivity contribution in [2.24, 2.45) is 0 Å². The molecule has 1 saturated heterocycles. The maximum Gasteiger partial charge on any atom is 0.339 e. The van der Waals surface area contributed by atoms with Gasteiger partial charge in [0.05, 0.1) is 17.1 Å². The van der Waals surface area contributed by atoms with Gasteiger partial charge in [-0.1, -0.05) is 48.5 Å². The van der Waals surface area contributed by atoms with E-state index in [9.17, 15) is 18.0 Å². The number of nitrogens with zero attached hydrogens (tertiary/aromatic N) is 1. The summed E-state index contributed by atoms with van der Waals surface area (Å²) in [6, 6.07) is 16.7. The van der Waals surface area contributed by atoms with E-state index in [0.29, 0.717) is 12.0 Å². The van der Waals surface area contributed by atoms with Crippen LogP contribution in [0.4, 0.5) is 0 Å². The molecule has 3 aromatic rings. The van der Waals surface area contributed by atoms with Crippen molar-refractivity contribution >= 4 is 43.3 Å². The van der Waals surface area contributed by atoms with E-state index in [1.807, 2.05) is 54.6 Å². The zero-order valence-corrected chi connectivity index (χ0v) is 16.8. The fraction of sp³-hybridized carbons (Fsp3) is 0.273. The average Bonchev–Trinajstić information content (AvgIpc) is 3.09. The van der Waals surface area contributed by atoms with Gasteiger partial charge in [0.25, 0.3) is 5.91 Å². The van der Waals surface area contributed by atoms with Crippen molar-refractivity contribution in [1.29, 1.82) is 0 Å². The number of carbonyl (C=O) groups is 2. The molecule has 0 saturated carbocycles. The van der Waals surface area contributed by atoms with E-state index in [2.05, 4.69) is 0 Å². The maximum atomic E-state index is 12.9. The first kappa shape index (κ1) is 19.4. The second kappa shape index (κ2) is 7.48.